The fourth-order valence-electron chi connectivity index (χ4n) is 2.14. The summed E-state index contributed by atoms with van der Waals surface area (Å²) < 4.78 is 16.4. The molecule has 2 rings (SSSR count). The van der Waals surface area contributed by atoms with Crippen LogP contribution in [0.3, 0.4) is 0 Å². The Labute approximate surface area is 109 Å². The monoisotopic (exact) mass is 250 g/mol. The Morgan fingerprint density at radius 1 is 1.33 bits per heavy atom. The standard InChI is InChI=1S/C15H22O3/c1-3-4-8-13-15(2,18-13)10-7-5-6-9-14-16-11-12-17-14/h3,13-14H,1,4-6,8-9,11-12H2,2H3/t13-,15+/m1/s1. The minimum atomic E-state index is -0.205. The minimum Gasteiger partial charge on any atom is -0.353 e. The summed E-state index contributed by atoms with van der Waals surface area (Å²) in [5.41, 5.74) is -0.205. The molecule has 18 heavy (non-hydrogen) atoms. The van der Waals surface area contributed by atoms with Crippen LogP contribution in [0.5, 0.6) is 0 Å². The van der Waals surface area contributed by atoms with Crippen LogP contribution in [0.4, 0.5) is 0 Å². The smallest absolute Gasteiger partial charge is 0.157 e. The van der Waals surface area contributed by atoms with Crippen LogP contribution in [0.15, 0.2) is 12.7 Å². The van der Waals surface area contributed by atoms with E-state index in [0.717, 1.165) is 45.3 Å². The lowest BCUT2D eigenvalue weighted by molar-refractivity contribution is -0.0474. The highest BCUT2D eigenvalue weighted by Crippen LogP contribution is 2.38. The fraction of sp³-hybridized carbons (Fsp3) is 0.733. The predicted molar refractivity (Wildman–Crippen MR) is 70.0 cm³/mol. The zero-order valence-corrected chi connectivity index (χ0v) is 11.1. The van der Waals surface area contributed by atoms with E-state index < -0.39 is 0 Å². The fourth-order valence-corrected chi connectivity index (χ4v) is 2.14. The van der Waals surface area contributed by atoms with Crippen molar-refractivity contribution in [3.05, 3.63) is 12.7 Å². The van der Waals surface area contributed by atoms with Crippen LogP contribution < -0.4 is 0 Å². The largest absolute Gasteiger partial charge is 0.353 e. The third-order valence-corrected chi connectivity index (χ3v) is 3.35. The van der Waals surface area contributed by atoms with Crippen LogP contribution in [0.25, 0.3) is 0 Å². The summed E-state index contributed by atoms with van der Waals surface area (Å²) in [5.74, 6) is 6.44. The molecule has 0 aromatic rings. The molecule has 0 amide bonds. The van der Waals surface area contributed by atoms with E-state index in [4.69, 9.17) is 14.2 Å². The highest BCUT2D eigenvalue weighted by Gasteiger charge is 2.50. The van der Waals surface area contributed by atoms with Crippen LogP contribution in [-0.4, -0.2) is 31.2 Å². The summed E-state index contributed by atoms with van der Waals surface area (Å²) in [5, 5.41) is 0. The Morgan fingerprint density at radius 3 is 2.83 bits per heavy atom. The van der Waals surface area contributed by atoms with Gasteiger partial charge >= 0.3 is 0 Å². The van der Waals surface area contributed by atoms with Gasteiger partial charge in [-0.15, -0.1) is 12.5 Å². The van der Waals surface area contributed by atoms with Crippen LogP contribution in [0, 0.1) is 11.8 Å². The maximum absolute atomic E-state index is 5.62. The number of ether oxygens (including phenoxy) is 3. The molecule has 0 aliphatic carbocycles. The second-order valence-electron chi connectivity index (χ2n) is 4.94. The lowest BCUT2D eigenvalue weighted by Crippen LogP contribution is -2.07. The Bertz CT molecular complexity index is 335. The number of allylic oxidation sites excluding steroid dienone is 1. The number of hydrogen-bond donors (Lipinski definition) is 0. The van der Waals surface area contributed by atoms with Gasteiger partial charge in [0, 0.05) is 6.42 Å². The Kier molecular flexibility index (Phi) is 4.82. The summed E-state index contributed by atoms with van der Waals surface area (Å²) in [4.78, 5) is 0. The van der Waals surface area contributed by atoms with E-state index in [1.54, 1.807) is 0 Å². The Balaban J connectivity index is 1.59. The van der Waals surface area contributed by atoms with Gasteiger partial charge in [0.2, 0.25) is 0 Å². The minimum absolute atomic E-state index is 0.0000911. The van der Waals surface area contributed by atoms with Crippen molar-refractivity contribution < 1.29 is 14.2 Å². The summed E-state index contributed by atoms with van der Waals surface area (Å²) in [6, 6.07) is 0. The summed E-state index contributed by atoms with van der Waals surface area (Å²) in [6.07, 6.45) is 7.09. The number of rotatable bonds is 6. The number of epoxide rings is 1. The van der Waals surface area contributed by atoms with Crippen molar-refractivity contribution in [2.75, 3.05) is 13.2 Å². The van der Waals surface area contributed by atoms with E-state index >= 15 is 0 Å². The van der Waals surface area contributed by atoms with Gasteiger partial charge in [-0.2, -0.15) is 0 Å². The second kappa shape index (κ2) is 6.38. The van der Waals surface area contributed by atoms with Crippen molar-refractivity contribution in [3.8, 4) is 11.8 Å². The molecule has 2 aliphatic heterocycles. The van der Waals surface area contributed by atoms with Crippen LogP contribution >= 0.6 is 0 Å². The quantitative estimate of drug-likeness (QED) is 0.314. The van der Waals surface area contributed by atoms with E-state index in [0.29, 0.717) is 6.10 Å². The average Bonchev–Trinajstić information content (AvgIpc) is 2.79. The van der Waals surface area contributed by atoms with Gasteiger partial charge < -0.3 is 14.2 Å². The predicted octanol–water partition coefficient (Wildman–Crippen LogP) is 2.66. The van der Waals surface area contributed by atoms with Gasteiger partial charge in [0.1, 0.15) is 0 Å². The maximum atomic E-state index is 5.62. The topological polar surface area (TPSA) is 31.0 Å². The zero-order chi connectivity index (χ0) is 12.8. The molecule has 0 bridgehead atoms. The molecule has 0 saturated carbocycles. The van der Waals surface area contributed by atoms with Gasteiger partial charge in [0.05, 0.1) is 19.3 Å². The van der Waals surface area contributed by atoms with Gasteiger partial charge in [-0.1, -0.05) is 12.0 Å². The van der Waals surface area contributed by atoms with Gasteiger partial charge in [-0.05, 0) is 32.6 Å². The van der Waals surface area contributed by atoms with Crippen LogP contribution in [-0.2, 0) is 14.2 Å². The SMILES string of the molecule is C=CCC[C@H]1O[C@@]1(C)C#CCCCC1OCCO1. The second-order valence-corrected chi connectivity index (χ2v) is 4.94. The van der Waals surface area contributed by atoms with Crippen LogP contribution in [0.2, 0.25) is 0 Å². The average molecular weight is 250 g/mol. The summed E-state index contributed by atoms with van der Waals surface area (Å²) in [6.45, 7) is 7.24. The normalized spacial score (nSPS) is 30.8. The van der Waals surface area contributed by atoms with E-state index in [-0.39, 0.29) is 11.9 Å². The first-order valence-corrected chi connectivity index (χ1v) is 6.76. The van der Waals surface area contributed by atoms with Crippen molar-refractivity contribution in [2.24, 2.45) is 0 Å². The molecule has 0 spiro atoms. The summed E-state index contributed by atoms with van der Waals surface area (Å²) >= 11 is 0. The molecule has 0 radical (unpaired) electrons. The Hall–Kier alpha value is -0.820. The molecule has 0 unspecified atom stereocenters. The van der Waals surface area contributed by atoms with Crippen LogP contribution in [0.1, 0.15) is 39.0 Å². The molecule has 2 atom stereocenters. The Morgan fingerprint density at radius 2 is 2.11 bits per heavy atom. The number of hydrogen-bond acceptors (Lipinski definition) is 3. The molecule has 3 heteroatoms. The summed E-state index contributed by atoms with van der Waals surface area (Å²) in [7, 11) is 0. The van der Waals surface area contributed by atoms with Gasteiger partial charge in [0.25, 0.3) is 0 Å². The van der Waals surface area contributed by atoms with E-state index in [1.807, 2.05) is 6.08 Å². The zero-order valence-electron chi connectivity index (χ0n) is 11.1. The van der Waals surface area contributed by atoms with Crippen molar-refractivity contribution in [1.82, 2.24) is 0 Å². The molecule has 2 fully saturated rings. The molecular weight excluding hydrogens is 228 g/mol. The van der Waals surface area contributed by atoms with E-state index in [2.05, 4.69) is 25.3 Å². The van der Waals surface area contributed by atoms with Gasteiger partial charge in [-0.25, -0.2) is 0 Å². The molecule has 3 nitrogen and oxygen atoms in total. The molecule has 2 heterocycles. The molecule has 100 valence electrons. The lowest BCUT2D eigenvalue weighted by atomic mass is 10.0. The first-order valence-electron chi connectivity index (χ1n) is 6.76. The molecule has 2 aliphatic rings. The molecule has 0 N–H and O–H groups in total. The highest BCUT2D eigenvalue weighted by atomic mass is 16.7. The number of unbranched alkanes of at least 4 members (excludes halogenated alkanes) is 1. The third kappa shape index (κ3) is 3.84. The molecule has 2 saturated heterocycles. The van der Waals surface area contributed by atoms with E-state index in [9.17, 15) is 0 Å². The van der Waals surface area contributed by atoms with Crippen molar-refractivity contribution >= 4 is 0 Å². The maximum Gasteiger partial charge on any atom is 0.157 e. The molecule has 0 aromatic carbocycles. The molecular formula is C15H22O3. The van der Waals surface area contributed by atoms with Crippen molar-refractivity contribution in [3.63, 3.8) is 0 Å². The van der Waals surface area contributed by atoms with Crippen molar-refractivity contribution in [1.29, 1.82) is 0 Å². The van der Waals surface area contributed by atoms with Gasteiger partial charge in [-0.3, -0.25) is 0 Å². The van der Waals surface area contributed by atoms with E-state index in [1.165, 1.54) is 0 Å². The molecule has 0 aromatic heterocycles. The lowest BCUT2D eigenvalue weighted by Gasteiger charge is -2.05. The van der Waals surface area contributed by atoms with Gasteiger partial charge in [0.15, 0.2) is 11.9 Å². The highest BCUT2D eigenvalue weighted by molar-refractivity contribution is 5.23. The third-order valence-electron chi connectivity index (χ3n) is 3.35. The first kappa shape index (κ1) is 13.6. The van der Waals surface area contributed by atoms with Crippen molar-refractivity contribution in [2.45, 2.75) is 57.0 Å². The first-order chi connectivity index (χ1) is 8.74.